The summed E-state index contributed by atoms with van der Waals surface area (Å²) in [6.07, 6.45) is 0.672. The third kappa shape index (κ3) is 2.94. The average Bonchev–Trinajstić information content (AvgIpc) is 2.55. The first kappa shape index (κ1) is 14.5. The zero-order valence-electron chi connectivity index (χ0n) is 12.2. The Morgan fingerprint density at radius 3 is 2.50 bits per heavy atom. The summed E-state index contributed by atoms with van der Waals surface area (Å²) in [5.41, 5.74) is 0.633. The lowest BCUT2D eigenvalue weighted by Gasteiger charge is -2.29. The number of benzene rings is 2. The number of nitrogens with one attached hydrogen (secondary N) is 1. The van der Waals surface area contributed by atoms with E-state index in [1.165, 1.54) is 4.90 Å². The van der Waals surface area contributed by atoms with Crippen molar-refractivity contribution in [2.24, 2.45) is 0 Å². The van der Waals surface area contributed by atoms with Crippen molar-refractivity contribution in [3.63, 3.8) is 0 Å². The number of nitrogens with zero attached hydrogens (tertiary/aromatic N) is 1. The van der Waals surface area contributed by atoms with Gasteiger partial charge < -0.3 is 15.3 Å². The van der Waals surface area contributed by atoms with Gasteiger partial charge in [0, 0.05) is 24.2 Å². The first-order valence-electron chi connectivity index (χ1n) is 7.41. The van der Waals surface area contributed by atoms with Crippen LogP contribution in [0.15, 0.2) is 42.5 Å². The summed E-state index contributed by atoms with van der Waals surface area (Å²) in [6.45, 7) is 0.839. The average molecular weight is 298 g/mol. The highest BCUT2D eigenvalue weighted by Crippen LogP contribution is 2.23. The van der Waals surface area contributed by atoms with Crippen LogP contribution in [0.4, 0.5) is 5.69 Å². The quantitative estimate of drug-likeness (QED) is 0.788. The van der Waals surface area contributed by atoms with Gasteiger partial charge in [0.15, 0.2) is 0 Å². The van der Waals surface area contributed by atoms with Gasteiger partial charge in [-0.3, -0.25) is 9.59 Å². The summed E-state index contributed by atoms with van der Waals surface area (Å²) in [7, 11) is 0. The van der Waals surface area contributed by atoms with Gasteiger partial charge in [0.1, 0.15) is 0 Å². The summed E-state index contributed by atoms with van der Waals surface area (Å²) in [6, 6.07) is 13.3. The molecule has 22 heavy (non-hydrogen) atoms. The lowest BCUT2D eigenvalue weighted by atomic mass is 10.1. The Hall–Kier alpha value is -2.40. The fourth-order valence-electron chi connectivity index (χ4n) is 2.72. The third-order valence-corrected chi connectivity index (χ3v) is 3.98. The molecule has 1 saturated heterocycles. The van der Waals surface area contributed by atoms with E-state index in [1.54, 1.807) is 6.07 Å². The van der Waals surface area contributed by atoms with Gasteiger partial charge in [-0.2, -0.15) is 0 Å². The molecule has 2 amide bonds. The number of likely N-dealkylation sites (tertiary alicyclic amines) is 1. The monoisotopic (exact) mass is 298 g/mol. The lowest BCUT2D eigenvalue weighted by Crippen LogP contribution is -2.45. The molecule has 1 fully saturated rings. The molecule has 5 heteroatoms. The van der Waals surface area contributed by atoms with Crippen molar-refractivity contribution in [2.45, 2.75) is 18.9 Å². The molecule has 5 nitrogen and oxygen atoms in total. The molecule has 0 aliphatic carbocycles. The molecule has 0 atom stereocenters. The van der Waals surface area contributed by atoms with Gasteiger partial charge in [0.25, 0.3) is 0 Å². The zero-order valence-corrected chi connectivity index (χ0v) is 12.2. The summed E-state index contributed by atoms with van der Waals surface area (Å²) in [5.74, 6) is -1.17. The second kappa shape index (κ2) is 6.15. The Kier molecular flexibility index (Phi) is 4.06. The Bertz CT molecular complexity index is 701. The van der Waals surface area contributed by atoms with Crippen LogP contribution in [0.3, 0.4) is 0 Å². The van der Waals surface area contributed by atoms with E-state index in [2.05, 4.69) is 5.32 Å². The summed E-state index contributed by atoms with van der Waals surface area (Å²) < 4.78 is 0. The molecule has 2 aromatic rings. The van der Waals surface area contributed by atoms with E-state index in [1.807, 2.05) is 36.4 Å². The van der Waals surface area contributed by atoms with Gasteiger partial charge in [-0.1, -0.05) is 36.4 Å². The predicted molar refractivity (Wildman–Crippen MR) is 84.4 cm³/mol. The Morgan fingerprint density at radius 2 is 1.73 bits per heavy atom. The van der Waals surface area contributed by atoms with E-state index in [0.29, 0.717) is 31.6 Å². The maximum Gasteiger partial charge on any atom is 0.313 e. The Morgan fingerprint density at radius 1 is 1.05 bits per heavy atom. The topological polar surface area (TPSA) is 69.6 Å². The molecule has 114 valence electrons. The molecule has 0 unspecified atom stereocenters. The van der Waals surface area contributed by atoms with Crippen molar-refractivity contribution < 1.29 is 14.7 Å². The largest absolute Gasteiger partial charge is 0.393 e. The van der Waals surface area contributed by atoms with Crippen molar-refractivity contribution in [3.8, 4) is 0 Å². The molecule has 1 aliphatic heterocycles. The van der Waals surface area contributed by atoms with E-state index < -0.39 is 11.8 Å². The number of aliphatic hydroxyl groups is 1. The van der Waals surface area contributed by atoms with E-state index >= 15 is 0 Å². The Balaban J connectivity index is 1.74. The molecule has 0 saturated carbocycles. The van der Waals surface area contributed by atoms with Crippen LogP contribution in [-0.2, 0) is 9.59 Å². The SMILES string of the molecule is O=C(Nc1cccc2ccccc12)C(=O)N1CCC(O)CC1. The minimum Gasteiger partial charge on any atom is -0.393 e. The molecule has 2 aromatic carbocycles. The molecular weight excluding hydrogens is 280 g/mol. The summed E-state index contributed by atoms with van der Waals surface area (Å²) >= 11 is 0. The second-order valence-electron chi connectivity index (χ2n) is 5.50. The van der Waals surface area contributed by atoms with E-state index in [-0.39, 0.29) is 6.10 Å². The number of anilines is 1. The van der Waals surface area contributed by atoms with E-state index in [4.69, 9.17) is 0 Å². The smallest absolute Gasteiger partial charge is 0.313 e. The number of piperidine rings is 1. The van der Waals surface area contributed by atoms with Crippen molar-refractivity contribution in [3.05, 3.63) is 42.5 Å². The van der Waals surface area contributed by atoms with Gasteiger partial charge in [-0.15, -0.1) is 0 Å². The molecular formula is C17H18N2O3. The lowest BCUT2D eigenvalue weighted by molar-refractivity contribution is -0.144. The maximum absolute atomic E-state index is 12.2. The van der Waals surface area contributed by atoms with Crippen LogP contribution >= 0.6 is 0 Å². The van der Waals surface area contributed by atoms with Crippen molar-refractivity contribution in [2.75, 3.05) is 18.4 Å². The standard InChI is InChI=1S/C17H18N2O3/c20-13-8-10-19(11-9-13)17(22)16(21)18-15-7-3-5-12-4-1-2-6-14(12)15/h1-7,13,20H,8-11H2,(H,18,21). The van der Waals surface area contributed by atoms with Crippen LogP contribution in [-0.4, -0.2) is 41.0 Å². The van der Waals surface area contributed by atoms with Crippen molar-refractivity contribution >= 4 is 28.3 Å². The number of carbonyl (C=O) groups is 2. The minimum atomic E-state index is -0.632. The first-order valence-corrected chi connectivity index (χ1v) is 7.41. The second-order valence-corrected chi connectivity index (χ2v) is 5.50. The van der Waals surface area contributed by atoms with Crippen LogP contribution in [0.2, 0.25) is 0 Å². The summed E-state index contributed by atoms with van der Waals surface area (Å²) in [4.78, 5) is 25.8. The third-order valence-electron chi connectivity index (χ3n) is 3.98. The van der Waals surface area contributed by atoms with Gasteiger partial charge >= 0.3 is 11.8 Å². The van der Waals surface area contributed by atoms with Crippen LogP contribution in [0.5, 0.6) is 0 Å². The maximum atomic E-state index is 12.2. The minimum absolute atomic E-state index is 0.370. The van der Waals surface area contributed by atoms with E-state index in [9.17, 15) is 14.7 Å². The van der Waals surface area contributed by atoms with E-state index in [0.717, 1.165) is 10.8 Å². The van der Waals surface area contributed by atoms with Gasteiger partial charge in [-0.05, 0) is 24.3 Å². The van der Waals surface area contributed by atoms with Gasteiger partial charge in [0.2, 0.25) is 0 Å². The molecule has 2 N–H and O–H groups in total. The summed E-state index contributed by atoms with van der Waals surface area (Å²) in [5, 5.41) is 14.1. The normalized spacial score (nSPS) is 15.8. The number of amides is 2. The van der Waals surface area contributed by atoms with Gasteiger partial charge in [0.05, 0.1) is 6.10 Å². The number of carbonyl (C=O) groups excluding carboxylic acids is 2. The van der Waals surface area contributed by atoms with Gasteiger partial charge in [-0.25, -0.2) is 0 Å². The number of hydrogen-bond acceptors (Lipinski definition) is 3. The van der Waals surface area contributed by atoms with Crippen molar-refractivity contribution in [1.29, 1.82) is 0 Å². The molecule has 1 heterocycles. The first-order chi connectivity index (χ1) is 10.6. The number of rotatable bonds is 1. The van der Waals surface area contributed by atoms with Crippen LogP contribution in [0, 0.1) is 0 Å². The Labute approximate surface area is 128 Å². The molecule has 3 rings (SSSR count). The highest BCUT2D eigenvalue weighted by atomic mass is 16.3. The molecule has 0 bridgehead atoms. The molecule has 0 radical (unpaired) electrons. The van der Waals surface area contributed by atoms with Crippen LogP contribution in [0.1, 0.15) is 12.8 Å². The fourth-order valence-corrected chi connectivity index (χ4v) is 2.72. The molecule has 0 aromatic heterocycles. The number of hydrogen-bond donors (Lipinski definition) is 2. The van der Waals surface area contributed by atoms with Crippen molar-refractivity contribution in [1.82, 2.24) is 4.90 Å². The number of fused-ring (bicyclic) bond motifs is 1. The molecule has 1 aliphatic rings. The highest BCUT2D eigenvalue weighted by molar-refractivity contribution is 6.40. The number of aliphatic hydroxyl groups excluding tert-OH is 1. The zero-order chi connectivity index (χ0) is 15.5. The predicted octanol–water partition coefficient (Wildman–Crippen LogP) is 1.76. The fraction of sp³-hybridized carbons (Fsp3) is 0.294. The van der Waals surface area contributed by atoms with Crippen LogP contribution in [0.25, 0.3) is 10.8 Å². The highest BCUT2D eigenvalue weighted by Gasteiger charge is 2.26. The van der Waals surface area contributed by atoms with Crippen LogP contribution < -0.4 is 5.32 Å². The molecule has 0 spiro atoms.